The zero-order valence-electron chi connectivity index (χ0n) is 40.1. The summed E-state index contributed by atoms with van der Waals surface area (Å²) in [4.78, 5) is 80.5. The van der Waals surface area contributed by atoms with Gasteiger partial charge in [-0.05, 0) is 93.7 Å². The summed E-state index contributed by atoms with van der Waals surface area (Å²) in [5.41, 5.74) is 9.28. The third-order valence-electron chi connectivity index (χ3n) is 12.9. The average Bonchev–Trinajstić information content (AvgIpc) is 3.91. The highest BCUT2D eigenvalue weighted by atomic mass is 32.1. The Labute approximate surface area is 393 Å². The molecule has 2 aliphatic heterocycles. The van der Waals surface area contributed by atoms with Crippen LogP contribution in [0.2, 0.25) is 0 Å². The Balaban J connectivity index is 1.36. The number of carbonyl (C=O) groups is 5. The first-order chi connectivity index (χ1) is 31.5. The summed E-state index contributed by atoms with van der Waals surface area (Å²) in [6, 6.07) is 7.70. The van der Waals surface area contributed by atoms with Gasteiger partial charge in [-0.3, -0.25) is 34.0 Å². The van der Waals surface area contributed by atoms with Crippen LogP contribution in [-0.2, 0) is 52.8 Å². The largest absolute Gasteiger partial charge is 0.464 e. The quantitative estimate of drug-likeness (QED) is 0.0698. The molecule has 0 spiro atoms. The summed E-state index contributed by atoms with van der Waals surface area (Å²) in [6.45, 7) is 19.7. The predicted molar refractivity (Wildman–Crippen MR) is 257 cm³/mol. The number of cyclic esters (lactones) is 1. The number of aromatic nitrogens is 3. The molecule has 6 rings (SSSR count). The fourth-order valence-corrected chi connectivity index (χ4v) is 9.96. The molecule has 4 aromatic rings. The van der Waals surface area contributed by atoms with E-state index >= 15 is 0 Å². The Morgan fingerprint density at radius 3 is 2.61 bits per heavy atom. The summed E-state index contributed by atoms with van der Waals surface area (Å²) in [5.74, 6) is -1.61. The number of nitrogens with zero attached hydrogens (tertiary/aromatic N) is 6. The number of ether oxygens (including phenoxy) is 2. The molecule has 6 bridgehead atoms. The van der Waals surface area contributed by atoms with Gasteiger partial charge in [-0.25, -0.2) is 10.4 Å². The van der Waals surface area contributed by atoms with Crippen molar-refractivity contribution in [2.24, 2.45) is 17.3 Å². The third kappa shape index (κ3) is 11.4. The number of fused-ring (bicyclic) bond motifs is 6. The summed E-state index contributed by atoms with van der Waals surface area (Å²) in [6.07, 6.45) is 6.51. The molecule has 5 heterocycles. The molecule has 5 atom stereocenters. The molecule has 1 saturated heterocycles. The second kappa shape index (κ2) is 21.9. The van der Waals surface area contributed by atoms with Gasteiger partial charge in [-0.1, -0.05) is 47.3 Å². The Kier molecular flexibility index (Phi) is 16.6. The van der Waals surface area contributed by atoms with Crippen molar-refractivity contribution in [2.45, 2.75) is 118 Å². The molecule has 356 valence electrons. The second-order valence-electron chi connectivity index (χ2n) is 19.0. The highest BCUT2D eigenvalue weighted by Gasteiger charge is 2.38. The number of rotatable bonds is 16. The number of likely N-dealkylation sites (N-methyl/N-ethyl adjacent to an activating group) is 1. The molecule has 2 aliphatic rings. The maximum atomic E-state index is 14.6. The van der Waals surface area contributed by atoms with Crippen LogP contribution in [0.4, 0.5) is 0 Å². The second-order valence-corrected chi connectivity index (χ2v) is 19.9. The number of benzene rings is 1. The van der Waals surface area contributed by atoms with Gasteiger partial charge in [-0.2, -0.15) is 0 Å². The Morgan fingerprint density at radius 1 is 1.15 bits per heavy atom. The van der Waals surface area contributed by atoms with E-state index in [9.17, 15) is 24.0 Å². The van der Waals surface area contributed by atoms with E-state index in [-0.39, 0.29) is 36.9 Å². The number of hydrogen-bond donors (Lipinski definition) is 2. The number of pyridine rings is 1. The minimum Gasteiger partial charge on any atom is -0.464 e. The van der Waals surface area contributed by atoms with Gasteiger partial charge in [0, 0.05) is 85.8 Å². The molecule has 0 aliphatic carbocycles. The number of esters is 1. The van der Waals surface area contributed by atoms with Crippen LogP contribution in [0.1, 0.15) is 96.5 Å². The number of amides is 4. The lowest BCUT2D eigenvalue weighted by Gasteiger charge is -2.36. The summed E-state index contributed by atoms with van der Waals surface area (Å²) >= 11 is 1.41. The van der Waals surface area contributed by atoms with E-state index in [1.54, 1.807) is 25.3 Å². The first kappa shape index (κ1) is 50.0. The summed E-state index contributed by atoms with van der Waals surface area (Å²) in [7, 11) is 3.41. The molecule has 3 aromatic heterocycles. The van der Waals surface area contributed by atoms with Crippen molar-refractivity contribution in [1.29, 1.82) is 0 Å². The molecule has 4 amide bonds. The molecular formula is C50H68N8O7S. The maximum Gasteiger partial charge on any atom is 0.324 e. The number of methoxy groups -OCH3 is 1. The minimum atomic E-state index is -1.07. The number of aryl methyl sites for hydroxylation is 1. The van der Waals surface area contributed by atoms with Crippen LogP contribution in [0.5, 0.6) is 0 Å². The number of hydrogen-bond acceptors (Lipinski definition) is 11. The fraction of sp³-hybridized carbons (Fsp3) is 0.540. The van der Waals surface area contributed by atoms with Crippen molar-refractivity contribution < 1.29 is 33.4 Å². The molecule has 1 fully saturated rings. The molecule has 2 N–H and O–H groups in total. The number of hydrazine groups is 1. The van der Waals surface area contributed by atoms with E-state index in [0.29, 0.717) is 69.7 Å². The topological polar surface area (TPSA) is 168 Å². The van der Waals surface area contributed by atoms with E-state index in [4.69, 9.17) is 19.4 Å². The normalized spacial score (nSPS) is 19.1. The average molecular weight is 925 g/mol. The molecule has 15 nitrogen and oxygen atoms in total. The van der Waals surface area contributed by atoms with Gasteiger partial charge in [0.25, 0.3) is 5.91 Å². The zero-order chi connectivity index (χ0) is 47.9. The van der Waals surface area contributed by atoms with Crippen LogP contribution in [0.25, 0.3) is 33.4 Å². The number of nitrogens with one attached hydrogen (secondary N) is 2. The van der Waals surface area contributed by atoms with Gasteiger partial charge >= 0.3 is 5.97 Å². The maximum absolute atomic E-state index is 14.6. The monoisotopic (exact) mass is 924 g/mol. The van der Waals surface area contributed by atoms with Gasteiger partial charge < -0.3 is 29.2 Å². The van der Waals surface area contributed by atoms with Crippen molar-refractivity contribution in [3.63, 3.8) is 0 Å². The highest BCUT2D eigenvalue weighted by Crippen LogP contribution is 2.42. The standard InChI is InChI=1S/C50H68N8O7S/c1-11-43(60)55(9)23-19-32(5)20-24-56(30-59)45(31(3)4)47(61)53-39-26-42-52-40(28-66-42)34-17-18-41-36(25-34)37(46(57(41)12-2)35-15-13-21-51-44(35)33(6)64-10)27-50(7,8)29-65-49(63)38-16-14-22-58(54-38)48(39)62/h11,13,15,17-18,21,25,28,30-33,38-39,45,54H,1,12,14,16,19-20,22-24,26-27,29H2,2-10H3,(H,53,61)/t32?,33?,38-,39?,45?/m0/s1. The molecule has 66 heavy (non-hydrogen) atoms. The lowest BCUT2D eigenvalue weighted by atomic mass is 9.84. The SMILES string of the molecule is C=CC(=O)N(C)CCC(C)CCN(C=O)C(C(=O)NC1Cc2nc(cs2)-c2ccc3c(c2)c(c(-c2cccnc2C(C)OC)n3CC)CC(C)(C)COC(=O)[C@@H]2CCCN(N2)C1=O)C(C)C. The van der Waals surface area contributed by atoms with E-state index in [1.165, 1.54) is 27.3 Å². The lowest BCUT2D eigenvalue weighted by molar-refractivity contribution is -0.155. The highest BCUT2D eigenvalue weighted by molar-refractivity contribution is 7.10. The Morgan fingerprint density at radius 2 is 1.91 bits per heavy atom. The van der Waals surface area contributed by atoms with Crippen LogP contribution >= 0.6 is 11.3 Å². The molecule has 0 saturated carbocycles. The Bertz CT molecular complexity index is 2390. The van der Waals surface area contributed by atoms with Gasteiger partial charge in [0.05, 0.1) is 34.8 Å². The van der Waals surface area contributed by atoms with Crippen molar-refractivity contribution >= 4 is 52.3 Å². The van der Waals surface area contributed by atoms with Gasteiger partial charge in [-0.15, -0.1) is 11.3 Å². The van der Waals surface area contributed by atoms with Crippen LogP contribution in [0.15, 0.2) is 54.6 Å². The van der Waals surface area contributed by atoms with E-state index in [2.05, 4.69) is 73.8 Å². The predicted octanol–water partition coefficient (Wildman–Crippen LogP) is 6.75. The zero-order valence-corrected chi connectivity index (χ0v) is 40.9. The molecule has 1 aromatic carbocycles. The van der Waals surface area contributed by atoms with Crippen LogP contribution in [0.3, 0.4) is 0 Å². The minimum absolute atomic E-state index is 0.0852. The number of thiazole rings is 1. The molecule has 4 unspecified atom stereocenters. The number of carbonyl (C=O) groups excluding carboxylic acids is 5. The molecule has 0 radical (unpaired) electrons. The first-order valence-electron chi connectivity index (χ1n) is 23.2. The fourth-order valence-electron chi connectivity index (χ4n) is 9.11. The van der Waals surface area contributed by atoms with Crippen molar-refractivity contribution in [3.05, 3.63) is 70.8 Å². The third-order valence-corrected chi connectivity index (χ3v) is 13.8. The van der Waals surface area contributed by atoms with Crippen LogP contribution in [0, 0.1) is 17.3 Å². The smallest absolute Gasteiger partial charge is 0.324 e. The van der Waals surface area contributed by atoms with Crippen molar-refractivity contribution in [3.8, 4) is 22.5 Å². The van der Waals surface area contributed by atoms with Gasteiger partial charge in [0.15, 0.2) is 0 Å². The molecule has 16 heteroatoms. The van der Waals surface area contributed by atoms with E-state index in [0.717, 1.165) is 44.7 Å². The molecular weight excluding hydrogens is 857 g/mol. The Hall–Kier alpha value is -5.45. The summed E-state index contributed by atoms with van der Waals surface area (Å²) in [5, 5.41) is 8.13. The van der Waals surface area contributed by atoms with Crippen LogP contribution in [-0.4, -0.2) is 118 Å². The lowest BCUT2D eigenvalue weighted by Crippen LogP contribution is -2.62. The van der Waals surface area contributed by atoms with Gasteiger partial charge in [0.1, 0.15) is 18.1 Å². The van der Waals surface area contributed by atoms with E-state index in [1.807, 2.05) is 32.2 Å². The summed E-state index contributed by atoms with van der Waals surface area (Å²) < 4.78 is 14.2. The van der Waals surface area contributed by atoms with Gasteiger partial charge in [0.2, 0.25) is 18.2 Å². The van der Waals surface area contributed by atoms with E-state index < -0.39 is 41.3 Å². The first-order valence-corrected chi connectivity index (χ1v) is 24.1. The van der Waals surface area contributed by atoms with Crippen molar-refractivity contribution in [2.75, 3.05) is 40.4 Å². The van der Waals surface area contributed by atoms with Crippen molar-refractivity contribution in [1.82, 2.24) is 40.1 Å². The van der Waals surface area contributed by atoms with Crippen LogP contribution < -0.4 is 10.7 Å².